The molecule has 0 saturated carbocycles. The molecule has 0 bridgehead atoms. The highest BCUT2D eigenvalue weighted by Gasteiger charge is 2.00. The van der Waals surface area contributed by atoms with Gasteiger partial charge in [0.1, 0.15) is 0 Å². The summed E-state index contributed by atoms with van der Waals surface area (Å²) in [5.74, 6) is 0.408. The van der Waals surface area contributed by atoms with Crippen molar-refractivity contribution >= 4 is 5.69 Å². The first-order valence-electron chi connectivity index (χ1n) is 5.49. The zero-order valence-electron chi connectivity index (χ0n) is 9.53. The second kappa shape index (κ2) is 6.40. The number of pyridine rings is 1. The number of aliphatic hydroxyl groups excluding tert-OH is 1. The summed E-state index contributed by atoms with van der Waals surface area (Å²) in [6.07, 6.45) is 5.81. The third kappa shape index (κ3) is 4.30. The standard InChI is InChI=1S/C12H20N2O/c1-10(9-15)4-3-6-14-12-5-7-13-8-11(12)2/h5,7-8,10,15H,3-4,6,9H2,1-2H3,(H,13,14). The highest BCUT2D eigenvalue weighted by Crippen LogP contribution is 2.12. The van der Waals surface area contributed by atoms with Gasteiger partial charge in [0.05, 0.1) is 0 Å². The van der Waals surface area contributed by atoms with Gasteiger partial charge < -0.3 is 10.4 Å². The summed E-state index contributed by atoms with van der Waals surface area (Å²) in [5.41, 5.74) is 2.33. The van der Waals surface area contributed by atoms with Crippen molar-refractivity contribution in [1.29, 1.82) is 0 Å². The Kier molecular flexibility index (Phi) is 5.12. The van der Waals surface area contributed by atoms with Gasteiger partial charge in [-0.1, -0.05) is 6.92 Å². The van der Waals surface area contributed by atoms with E-state index in [9.17, 15) is 0 Å². The van der Waals surface area contributed by atoms with Crippen LogP contribution in [0.3, 0.4) is 0 Å². The van der Waals surface area contributed by atoms with Crippen LogP contribution in [0.1, 0.15) is 25.3 Å². The molecule has 1 unspecified atom stereocenters. The van der Waals surface area contributed by atoms with Gasteiger partial charge >= 0.3 is 0 Å². The van der Waals surface area contributed by atoms with Gasteiger partial charge in [0.2, 0.25) is 0 Å². The van der Waals surface area contributed by atoms with Crippen molar-refractivity contribution in [2.75, 3.05) is 18.5 Å². The van der Waals surface area contributed by atoms with Crippen molar-refractivity contribution in [3.8, 4) is 0 Å². The molecule has 15 heavy (non-hydrogen) atoms. The minimum atomic E-state index is 0.286. The predicted octanol–water partition coefficient (Wildman–Crippen LogP) is 2.21. The van der Waals surface area contributed by atoms with E-state index in [-0.39, 0.29) is 6.61 Å². The lowest BCUT2D eigenvalue weighted by atomic mass is 10.1. The number of hydrogen-bond donors (Lipinski definition) is 2. The predicted molar refractivity (Wildman–Crippen MR) is 62.9 cm³/mol. The molecule has 0 amide bonds. The van der Waals surface area contributed by atoms with Crippen molar-refractivity contribution in [1.82, 2.24) is 4.98 Å². The Morgan fingerprint density at radius 3 is 3.00 bits per heavy atom. The molecule has 3 heteroatoms. The molecule has 0 saturated heterocycles. The number of aliphatic hydroxyl groups is 1. The lowest BCUT2D eigenvalue weighted by Crippen LogP contribution is -2.07. The summed E-state index contributed by atoms with van der Waals surface area (Å²) >= 11 is 0. The fourth-order valence-electron chi connectivity index (χ4n) is 1.44. The van der Waals surface area contributed by atoms with E-state index in [1.165, 1.54) is 5.56 Å². The van der Waals surface area contributed by atoms with Crippen molar-refractivity contribution in [3.05, 3.63) is 24.0 Å². The molecule has 0 aliphatic carbocycles. The fraction of sp³-hybridized carbons (Fsp3) is 0.583. The zero-order valence-corrected chi connectivity index (χ0v) is 9.53. The van der Waals surface area contributed by atoms with Crippen LogP contribution in [0.4, 0.5) is 5.69 Å². The molecule has 1 aromatic heterocycles. The van der Waals surface area contributed by atoms with E-state index in [0.29, 0.717) is 5.92 Å². The van der Waals surface area contributed by atoms with Gasteiger partial charge in [-0.3, -0.25) is 4.98 Å². The van der Waals surface area contributed by atoms with Crippen LogP contribution in [0.25, 0.3) is 0 Å². The van der Waals surface area contributed by atoms with Crippen LogP contribution in [-0.4, -0.2) is 23.2 Å². The topological polar surface area (TPSA) is 45.2 Å². The van der Waals surface area contributed by atoms with Crippen LogP contribution in [0.2, 0.25) is 0 Å². The molecule has 0 fully saturated rings. The van der Waals surface area contributed by atoms with Gasteiger partial charge in [-0.2, -0.15) is 0 Å². The van der Waals surface area contributed by atoms with E-state index in [2.05, 4.69) is 17.2 Å². The zero-order chi connectivity index (χ0) is 11.1. The molecule has 1 rings (SSSR count). The monoisotopic (exact) mass is 208 g/mol. The third-order valence-electron chi connectivity index (χ3n) is 2.52. The highest BCUT2D eigenvalue weighted by atomic mass is 16.3. The molecule has 0 aliphatic heterocycles. The van der Waals surface area contributed by atoms with E-state index < -0.39 is 0 Å². The van der Waals surface area contributed by atoms with Gasteiger partial charge in [0.25, 0.3) is 0 Å². The number of hydrogen-bond acceptors (Lipinski definition) is 3. The summed E-state index contributed by atoms with van der Waals surface area (Å²) in [6, 6.07) is 1.99. The normalized spacial score (nSPS) is 12.5. The summed E-state index contributed by atoms with van der Waals surface area (Å²) in [4.78, 5) is 4.04. The number of nitrogens with one attached hydrogen (secondary N) is 1. The number of aromatic nitrogens is 1. The van der Waals surface area contributed by atoms with Crippen molar-refractivity contribution in [2.24, 2.45) is 5.92 Å². The number of anilines is 1. The number of aryl methyl sites for hydroxylation is 1. The van der Waals surface area contributed by atoms with Crippen LogP contribution >= 0.6 is 0 Å². The van der Waals surface area contributed by atoms with Crippen molar-refractivity contribution < 1.29 is 5.11 Å². The number of nitrogens with zero attached hydrogens (tertiary/aromatic N) is 1. The van der Waals surface area contributed by atoms with E-state index in [1.54, 1.807) is 6.20 Å². The molecule has 3 nitrogen and oxygen atoms in total. The Morgan fingerprint density at radius 1 is 1.53 bits per heavy atom. The fourth-order valence-corrected chi connectivity index (χ4v) is 1.44. The Balaban J connectivity index is 2.23. The maximum atomic E-state index is 8.87. The number of rotatable bonds is 6. The average molecular weight is 208 g/mol. The summed E-state index contributed by atoms with van der Waals surface area (Å²) in [6.45, 7) is 5.35. The summed E-state index contributed by atoms with van der Waals surface area (Å²) in [5, 5.41) is 12.2. The molecule has 1 aromatic rings. The van der Waals surface area contributed by atoms with E-state index in [4.69, 9.17) is 5.11 Å². The Labute approximate surface area is 91.5 Å². The molecule has 0 radical (unpaired) electrons. The van der Waals surface area contributed by atoms with Crippen molar-refractivity contribution in [2.45, 2.75) is 26.7 Å². The van der Waals surface area contributed by atoms with Gasteiger partial charge in [-0.05, 0) is 37.3 Å². The molecular weight excluding hydrogens is 188 g/mol. The minimum absolute atomic E-state index is 0.286. The van der Waals surface area contributed by atoms with Crippen LogP contribution in [0.15, 0.2) is 18.5 Å². The quantitative estimate of drug-likeness (QED) is 0.704. The largest absolute Gasteiger partial charge is 0.396 e. The molecule has 1 heterocycles. The molecule has 84 valence electrons. The Morgan fingerprint density at radius 2 is 2.33 bits per heavy atom. The van der Waals surface area contributed by atoms with Crippen LogP contribution in [0, 0.1) is 12.8 Å². The maximum Gasteiger partial charge on any atom is 0.0456 e. The van der Waals surface area contributed by atoms with Gasteiger partial charge in [0, 0.05) is 31.2 Å². The Hall–Kier alpha value is -1.09. The second-order valence-corrected chi connectivity index (χ2v) is 4.05. The molecule has 0 aromatic carbocycles. The SMILES string of the molecule is Cc1cnccc1NCCCC(C)CO. The van der Waals surface area contributed by atoms with Gasteiger partial charge in [0.15, 0.2) is 0 Å². The third-order valence-corrected chi connectivity index (χ3v) is 2.52. The van der Waals surface area contributed by atoms with E-state index in [1.807, 2.05) is 19.2 Å². The first-order valence-corrected chi connectivity index (χ1v) is 5.49. The smallest absolute Gasteiger partial charge is 0.0456 e. The summed E-state index contributed by atoms with van der Waals surface area (Å²) < 4.78 is 0. The molecule has 0 aliphatic rings. The van der Waals surface area contributed by atoms with Crippen LogP contribution in [-0.2, 0) is 0 Å². The average Bonchev–Trinajstić information content (AvgIpc) is 2.26. The highest BCUT2D eigenvalue weighted by molar-refractivity contribution is 5.48. The molecular formula is C12H20N2O. The van der Waals surface area contributed by atoms with Crippen LogP contribution < -0.4 is 5.32 Å². The minimum Gasteiger partial charge on any atom is -0.396 e. The first kappa shape index (κ1) is 12.0. The lowest BCUT2D eigenvalue weighted by molar-refractivity contribution is 0.229. The summed E-state index contributed by atoms with van der Waals surface area (Å²) in [7, 11) is 0. The lowest BCUT2D eigenvalue weighted by Gasteiger charge is -2.10. The van der Waals surface area contributed by atoms with E-state index in [0.717, 1.165) is 25.1 Å². The van der Waals surface area contributed by atoms with Gasteiger partial charge in [-0.15, -0.1) is 0 Å². The van der Waals surface area contributed by atoms with Gasteiger partial charge in [-0.25, -0.2) is 0 Å². The van der Waals surface area contributed by atoms with E-state index >= 15 is 0 Å². The molecule has 2 N–H and O–H groups in total. The van der Waals surface area contributed by atoms with Crippen molar-refractivity contribution in [3.63, 3.8) is 0 Å². The second-order valence-electron chi connectivity index (χ2n) is 4.05. The molecule has 0 spiro atoms. The molecule has 1 atom stereocenters. The Bertz CT molecular complexity index is 289. The first-order chi connectivity index (χ1) is 7.24. The maximum absolute atomic E-state index is 8.87. The van der Waals surface area contributed by atoms with Crippen LogP contribution in [0.5, 0.6) is 0 Å².